The molecule has 0 aliphatic rings. The van der Waals surface area contributed by atoms with Crippen LogP contribution in [0.2, 0.25) is 0 Å². The van der Waals surface area contributed by atoms with Crippen molar-refractivity contribution in [2.75, 3.05) is 17.9 Å². The topological polar surface area (TPSA) is 86.8 Å². The van der Waals surface area contributed by atoms with Gasteiger partial charge in [0.1, 0.15) is 18.4 Å². The van der Waals surface area contributed by atoms with Crippen LogP contribution >= 0.6 is 0 Å². The van der Waals surface area contributed by atoms with Crippen molar-refractivity contribution in [1.29, 1.82) is 0 Å². The first-order valence-electron chi connectivity index (χ1n) is 11.4. The SMILES string of the molecule is CNC(=O)C(C)N(Cc1ccccc1C)C(=O)CN(c1ccc(C)cc1)S(=O)(=O)c1ccc(F)cc1. The number of hydrogen-bond acceptors (Lipinski definition) is 4. The number of nitrogens with one attached hydrogen (secondary N) is 1. The van der Waals surface area contributed by atoms with Crippen molar-refractivity contribution in [3.8, 4) is 0 Å². The molecule has 0 heterocycles. The molecule has 1 N–H and O–H groups in total. The van der Waals surface area contributed by atoms with E-state index in [1.54, 1.807) is 31.2 Å². The number of carbonyl (C=O) groups excluding carboxylic acids is 2. The maximum atomic E-state index is 13.7. The van der Waals surface area contributed by atoms with E-state index in [0.29, 0.717) is 0 Å². The number of aryl methyl sites for hydroxylation is 2. The van der Waals surface area contributed by atoms with Gasteiger partial charge in [-0.15, -0.1) is 0 Å². The number of halogens is 1. The van der Waals surface area contributed by atoms with Crippen LogP contribution < -0.4 is 9.62 Å². The van der Waals surface area contributed by atoms with E-state index >= 15 is 0 Å². The molecule has 0 fully saturated rings. The van der Waals surface area contributed by atoms with Crippen LogP contribution in [-0.4, -0.2) is 44.8 Å². The van der Waals surface area contributed by atoms with E-state index in [1.807, 2.05) is 38.1 Å². The van der Waals surface area contributed by atoms with E-state index in [0.717, 1.165) is 45.3 Å². The Labute approximate surface area is 211 Å². The molecule has 0 spiro atoms. The molecule has 190 valence electrons. The van der Waals surface area contributed by atoms with Crippen molar-refractivity contribution >= 4 is 27.5 Å². The van der Waals surface area contributed by atoms with Crippen molar-refractivity contribution < 1.29 is 22.4 Å². The molecule has 1 atom stereocenters. The quantitative estimate of drug-likeness (QED) is 0.474. The van der Waals surface area contributed by atoms with E-state index in [2.05, 4.69) is 5.32 Å². The standard InChI is InChI=1S/C27H30FN3O4S/c1-19-9-13-24(14-10-19)31(36(34,35)25-15-11-23(28)12-16-25)18-26(32)30(21(3)27(33)29-4)17-22-8-6-5-7-20(22)2/h5-16,21H,17-18H2,1-4H3,(H,29,33). The first-order valence-corrected chi connectivity index (χ1v) is 12.9. The van der Waals surface area contributed by atoms with Crippen LogP contribution in [-0.2, 0) is 26.2 Å². The summed E-state index contributed by atoms with van der Waals surface area (Å²) in [6.45, 7) is 4.94. The minimum atomic E-state index is -4.23. The second-order valence-corrected chi connectivity index (χ2v) is 10.4. The molecule has 0 radical (unpaired) electrons. The number of benzene rings is 3. The van der Waals surface area contributed by atoms with E-state index in [1.165, 1.54) is 11.9 Å². The highest BCUT2D eigenvalue weighted by atomic mass is 32.2. The molecule has 2 amide bonds. The Morgan fingerprint density at radius 3 is 2.14 bits per heavy atom. The molecule has 3 aromatic carbocycles. The third kappa shape index (κ3) is 6.09. The number of carbonyl (C=O) groups is 2. The van der Waals surface area contributed by atoms with E-state index in [-0.39, 0.29) is 23.0 Å². The Hall–Kier alpha value is -3.72. The first-order chi connectivity index (χ1) is 17.0. The molecule has 0 aliphatic carbocycles. The van der Waals surface area contributed by atoms with E-state index < -0.39 is 34.3 Å². The zero-order chi connectivity index (χ0) is 26.5. The lowest BCUT2D eigenvalue weighted by Crippen LogP contribution is -2.50. The lowest BCUT2D eigenvalue weighted by atomic mass is 10.1. The van der Waals surface area contributed by atoms with Crippen molar-refractivity contribution in [1.82, 2.24) is 10.2 Å². The monoisotopic (exact) mass is 511 g/mol. The molecular formula is C27H30FN3O4S. The summed E-state index contributed by atoms with van der Waals surface area (Å²) in [5.74, 6) is -1.50. The molecule has 36 heavy (non-hydrogen) atoms. The van der Waals surface area contributed by atoms with Gasteiger partial charge < -0.3 is 10.2 Å². The summed E-state index contributed by atoms with van der Waals surface area (Å²) in [5.41, 5.74) is 2.97. The Kier molecular flexibility index (Phi) is 8.47. The second kappa shape index (κ2) is 11.3. The average Bonchev–Trinajstić information content (AvgIpc) is 2.86. The van der Waals surface area contributed by atoms with Crippen molar-refractivity contribution in [2.45, 2.75) is 38.3 Å². The molecule has 3 aromatic rings. The van der Waals surface area contributed by atoms with Crippen LogP contribution in [0.15, 0.2) is 77.7 Å². The number of anilines is 1. The highest BCUT2D eigenvalue weighted by Gasteiger charge is 2.32. The van der Waals surface area contributed by atoms with E-state index in [9.17, 15) is 22.4 Å². The van der Waals surface area contributed by atoms with Crippen LogP contribution in [0.3, 0.4) is 0 Å². The molecule has 0 aromatic heterocycles. The molecule has 0 aliphatic heterocycles. The first kappa shape index (κ1) is 26.9. The lowest BCUT2D eigenvalue weighted by Gasteiger charge is -2.32. The van der Waals surface area contributed by atoms with Gasteiger partial charge in [0.25, 0.3) is 10.0 Å². The van der Waals surface area contributed by atoms with Gasteiger partial charge in [0, 0.05) is 13.6 Å². The maximum Gasteiger partial charge on any atom is 0.264 e. The molecule has 7 nitrogen and oxygen atoms in total. The third-order valence-electron chi connectivity index (χ3n) is 6.02. The maximum absolute atomic E-state index is 13.7. The van der Waals surface area contributed by atoms with Crippen LogP contribution in [0.1, 0.15) is 23.6 Å². The van der Waals surface area contributed by atoms with Crippen molar-refractivity contribution in [2.24, 2.45) is 0 Å². The molecule has 0 saturated heterocycles. The Bertz CT molecular complexity index is 1330. The summed E-state index contributed by atoms with van der Waals surface area (Å²) in [6.07, 6.45) is 0. The number of nitrogens with zero attached hydrogens (tertiary/aromatic N) is 2. The van der Waals surface area contributed by atoms with Crippen molar-refractivity contribution in [3.05, 3.63) is 95.3 Å². The van der Waals surface area contributed by atoms with Gasteiger partial charge in [-0.25, -0.2) is 12.8 Å². The number of likely N-dealkylation sites (N-methyl/N-ethyl adjacent to an activating group) is 1. The minimum Gasteiger partial charge on any atom is -0.357 e. The Morgan fingerprint density at radius 2 is 1.56 bits per heavy atom. The fourth-order valence-electron chi connectivity index (χ4n) is 3.74. The molecule has 0 bridgehead atoms. The van der Waals surface area contributed by atoms with Crippen LogP contribution in [0.25, 0.3) is 0 Å². The fraction of sp³-hybridized carbons (Fsp3) is 0.259. The normalized spacial score (nSPS) is 12.0. The molecule has 1 unspecified atom stereocenters. The summed E-state index contributed by atoms with van der Waals surface area (Å²) < 4.78 is 41.7. The highest BCUT2D eigenvalue weighted by Crippen LogP contribution is 2.25. The summed E-state index contributed by atoms with van der Waals surface area (Å²) in [7, 11) is -2.75. The molecule has 0 saturated carbocycles. The third-order valence-corrected chi connectivity index (χ3v) is 7.81. The van der Waals surface area contributed by atoms with Crippen LogP contribution in [0, 0.1) is 19.7 Å². The van der Waals surface area contributed by atoms with Gasteiger partial charge in [-0.2, -0.15) is 0 Å². The predicted octanol–water partition coefficient (Wildman–Crippen LogP) is 3.80. The molecular weight excluding hydrogens is 481 g/mol. The summed E-state index contributed by atoms with van der Waals surface area (Å²) in [6, 6.07) is 17.8. The highest BCUT2D eigenvalue weighted by molar-refractivity contribution is 7.92. The number of sulfonamides is 1. The van der Waals surface area contributed by atoms with Gasteiger partial charge in [0.15, 0.2) is 0 Å². The zero-order valence-corrected chi connectivity index (χ0v) is 21.5. The number of amides is 2. The smallest absolute Gasteiger partial charge is 0.264 e. The minimum absolute atomic E-state index is 0.123. The largest absolute Gasteiger partial charge is 0.357 e. The number of rotatable bonds is 9. The fourth-order valence-corrected chi connectivity index (χ4v) is 5.15. The Morgan fingerprint density at radius 1 is 0.944 bits per heavy atom. The van der Waals surface area contributed by atoms with Crippen LogP contribution in [0.5, 0.6) is 0 Å². The summed E-state index contributed by atoms with van der Waals surface area (Å²) >= 11 is 0. The van der Waals surface area contributed by atoms with Gasteiger partial charge in [0.2, 0.25) is 11.8 Å². The molecule has 3 rings (SSSR count). The van der Waals surface area contributed by atoms with Gasteiger partial charge in [0.05, 0.1) is 10.6 Å². The van der Waals surface area contributed by atoms with Gasteiger partial charge in [-0.05, 0) is 68.3 Å². The lowest BCUT2D eigenvalue weighted by molar-refractivity contribution is -0.139. The zero-order valence-electron chi connectivity index (χ0n) is 20.7. The molecule has 9 heteroatoms. The average molecular weight is 512 g/mol. The summed E-state index contributed by atoms with van der Waals surface area (Å²) in [4.78, 5) is 27.4. The summed E-state index contributed by atoms with van der Waals surface area (Å²) in [5, 5.41) is 2.55. The predicted molar refractivity (Wildman–Crippen MR) is 137 cm³/mol. The van der Waals surface area contributed by atoms with Gasteiger partial charge in [-0.1, -0.05) is 42.0 Å². The van der Waals surface area contributed by atoms with Crippen molar-refractivity contribution in [3.63, 3.8) is 0 Å². The second-order valence-electron chi connectivity index (χ2n) is 8.54. The van der Waals surface area contributed by atoms with Gasteiger partial charge >= 0.3 is 0 Å². The Balaban J connectivity index is 2.03. The van der Waals surface area contributed by atoms with Gasteiger partial charge in [-0.3, -0.25) is 13.9 Å². The van der Waals surface area contributed by atoms with Crippen LogP contribution in [0.4, 0.5) is 10.1 Å². The number of hydrogen-bond donors (Lipinski definition) is 1. The van der Waals surface area contributed by atoms with E-state index in [4.69, 9.17) is 0 Å².